The number of carboxylic acids is 1. The number of carbonyl (C=O) groups is 2. The fraction of sp³-hybridized carbons (Fsp3) is 0.350. The molecule has 140 valence electrons. The van der Waals surface area contributed by atoms with Crippen molar-refractivity contribution in [3.8, 4) is 0 Å². The van der Waals surface area contributed by atoms with Gasteiger partial charge in [-0.1, -0.05) is 12.1 Å². The highest BCUT2D eigenvalue weighted by atomic mass is 32.1. The van der Waals surface area contributed by atoms with Crippen LogP contribution in [0.1, 0.15) is 47.9 Å². The molecule has 3 heterocycles. The molecule has 2 atom stereocenters. The Bertz CT molecular complexity index is 884. The van der Waals surface area contributed by atoms with Crippen molar-refractivity contribution in [3.63, 3.8) is 0 Å². The van der Waals surface area contributed by atoms with Gasteiger partial charge in [-0.15, -0.1) is 22.7 Å². The van der Waals surface area contributed by atoms with Crippen LogP contribution >= 0.6 is 22.7 Å². The fourth-order valence-electron chi connectivity index (χ4n) is 3.82. The lowest BCUT2D eigenvalue weighted by atomic mass is 9.79. The molecule has 27 heavy (non-hydrogen) atoms. The molecule has 0 spiro atoms. The average Bonchev–Trinajstić information content (AvgIpc) is 3.39. The van der Waals surface area contributed by atoms with Crippen molar-refractivity contribution < 1.29 is 14.7 Å². The molecule has 5 nitrogen and oxygen atoms in total. The quantitative estimate of drug-likeness (QED) is 0.784. The van der Waals surface area contributed by atoms with Crippen molar-refractivity contribution in [1.82, 2.24) is 5.01 Å². The second-order valence-corrected chi connectivity index (χ2v) is 8.72. The number of allylic oxidation sites excluding steroid dienone is 1. The Morgan fingerprint density at radius 3 is 2.74 bits per heavy atom. The molecule has 1 amide bonds. The van der Waals surface area contributed by atoms with E-state index < -0.39 is 5.97 Å². The first kappa shape index (κ1) is 18.1. The maximum Gasteiger partial charge on any atom is 0.303 e. The number of thiophene rings is 2. The van der Waals surface area contributed by atoms with Gasteiger partial charge in [-0.3, -0.25) is 9.59 Å². The largest absolute Gasteiger partial charge is 0.481 e. The van der Waals surface area contributed by atoms with Crippen molar-refractivity contribution >= 4 is 46.3 Å². The summed E-state index contributed by atoms with van der Waals surface area (Å²) in [6.07, 6.45) is 5.02. The summed E-state index contributed by atoms with van der Waals surface area (Å²) in [5, 5.41) is 19.3. The lowest BCUT2D eigenvalue weighted by Crippen LogP contribution is -2.31. The van der Waals surface area contributed by atoms with Gasteiger partial charge in [-0.25, -0.2) is 5.01 Å². The molecule has 1 aliphatic carbocycles. The highest BCUT2D eigenvalue weighted by Gasteiger charge is 2.44. The molecule has 1 N–H and O–H groups in total. The smallest absolute Gasteiger partial charge is 0.303 e. The first-order valence-corrected chi connectivity index (χ1v) is 10.8. The molecule has 1 aliphatic heterocycles. The zero-order valence-electron chi connectivity index (χ0n) is 14.7. The molecule has 7 heteroatoms. The van der Waals surface area contributed by atoms with Crippen LogP contribution in [0.5, 0.6) is 0 Å². The lowest BCUT2D eigenvalue weighted by Gasteiger charge is -2.28. The maximum absolute atomic E-state index is 12.8. The highest BCUT2D eigenvalue weighted by molar-refractivity contribution is 7.11. The summed E-state index contributed by atoms with van der Waals surface area (Å²) in [6.45, 7) is 0. The van der Waals surface area contributed by atoms with Gasteiger partial charge in [-0.05, 0) is 53.8 Å². The summed E-state index contributed by atoms with van der Waals surface area (Å²) in [5.74, 6) is -0.996. The van der Waals surface area contributed by atoms with Crippen molar-refractivity contribution in [2.45, 2.75) is 38.1 Å². The van der Waals surface area contributed by atoms with E-state index >= 15 is 0 Å². The Labute approximate surface area is 165 Å². The van der Waals surface area contributed by atoms with Gasteiger partial charge >= 0.3 is 5.97 Å². The number of carboxylic acid groups (broad SMARTS) is 1. The van der Waals surface area contributed by atoms with E-state index in [4.69, 9.17) is 10.2 Å². The number of hydrogen-bond donors (Lipinski definition) is 1. The van der Waals surface area contributed by atoms with E-state index in [1.54, 1.807) is 27.7 Å². The third-order valence-electron chi connectivity index (χ3n) is 5.00. The fourth-order valence-corrected chi connectivity index (χ4v) is 5.38. The van der Waals surface area contributed by atoms with Crippen LogP contribution in [0.25, 0.3) is 6.08 Å². The summed E-state index contributed by atoms with van der Waals surface area (Å²) in [5.41, 5.74) is 2.19. The third kappa shape index (κ3) is 3.75. The van der Waals surface area contributed by atoms with E-state index in [0.29, 0.717) is 0 Å². The Morgan fingerprint density at radius 1 is 1.22 bits per heavy atom. The number of rotatable bonds is 5. The van der Waals surface area contributed by atoms with Crippen LogP contribution in [0.15, 0.2) is 45.7 Å². The Morgan fingerprint density at radius 2 is 2.04 bits per heavy atom. The number of fused-ring (bicyclic) bond motifs is 1. The number of carbonyl (C=O) groups excluding carboxylic acids is 1. The van der Waals surface area contributed by atoms with Gasteiger partial charge in [-0.2, -0.15) is 5.10 Å². The molecule has 1 saturated carbocycles. The van der Waals surface area contributed by atoms with Gasteiger partial charge in [0.1, 0.15) is 0 Å². The molecule has 0 bridgehead atoms. The number of hydrazone groups is 1. The van der Waals surface area contributed by atoms with Crippen LogP contribution in [0.2, 0.25) is 0 Å². The normalized spacial score (nSPS) is 23.3. The van der Waals surface area contributed by atoms with Gasteiger partial charge < -0.3 is 5.11 Å². The van der Waals surface area contributed by atoms with Crippen molar-refractivity contribution in [3.05, 3.63) is 50.4 Å². The molecule has 1 fully saturated rings. The standard InChI is InChI=1S/C20H20N2O3S2/c23-17(8-9-18(24)25)22-20(16-7-3-11-27-16)15-6-1-4-13(19(15)21-22)12-14-5-2-10-26-14/h2-3,5,7,10-12,15,20H,1,4,6,8-9H2,(H,24,25)/b13-12+/t15-,20-/m1/s1. The van der Waals surface area contributed by atoms with Gasteiger partial charge in [0.2, 0.25) is 5.91 Å². The zero-order chi connectivity index (χ0) is 18.8. The van der Waals surface area contributed by atoms with Crippen LogP contribution in [0, 0.1) is 5.92 Å². The van der Waals surface area contributed by atoms with E-state index in [9.17, 15) is 9.59 Å². The summed E-state index contributed by atoms with van der Waals surface area (Å²) in [4.78, 5) is 26.0. The van der Waals surface area contributed by atoms with Gasteiger partial charge in [0.25, 0.3) is 0 Å². The predicted octanol–water partition coefficient (Wildman–Crippen LogP) is 4.80. The van der Waals surface area contributed by atoms with E-state index in [1.165, 1.54) is 10.5 Å². The second-order valence-electron chi connectivity index (χ2n) is 6.76. The van der Waals surface area contributed by atoms with Gasteiger partial charge in [0.15, 0.2) is 0 Å². The number of nitrogens with zero attached hydrogens (tertiary/aromatic N) is 2. The zero-order valence-corrected chi connectivity index (χ0v) is 16.3. The summed E-state index contributed by atoms with van der Waals surface area (Å²) in [7, 11) is 0. The second kappa shape index (κ2) is 7.78. The van der Waals surface area contributed by atoms with E-state index in [0.717, 1.165) is 29.9 Å². The third-order valence-corrected chi connectivity index (χ3v) is 6.77. The van der Waals surface area contributed by atoms with Crippen LogP contribution in [0.4, 0.5) is 0 Å². The Balaban J connectivity index is 1.68. The van der Waals surface area contributed by atoms with Gasteiger partial charge in [0, 0.05) is 22.1 Å². The van der Waals surface area contributed by atoms with E-state index in [-0.39, 0.29) is 30.7 Å². The molecule has 2 aliphatic rings. The Kier molecular flexibility index (Phi) is 5.22. The summed E-state index contributed by atoms with van der Waals surface area (Å²) in [6, 6.07) is 8.03. The highest BCUT2D eigenvalue weighted by Crippen LogP contribution is 2.45. The van der Waals surface area contributed by atoms with Crippen molar-refractivity contribution in [2.75, 3.05) is 0 Å². The Hall–Kier alpha value is -2.25. The van der Waals surface area contributed by atoms with E-state index in [2.05, 4.69) is 17.5 Å². The minimum absolute atomic E-state index is 0.0231. The molecular weight excluding hydrogens is 380 g/mol. The molecule has 0 aromatic carbocycles. The molecule has 4 rings (SSSR count). The van der Waals surface area contributed by atoms with Gasteiger partial charge in [0.05, 0.1) is 18.2 Å². The molecule has 0 unspecified atom stereocenters. The first-order chi connectivity index (χ1) is 13.1. The molecular formula is C20H20N2O3S2. The minimum atomic E-state index is -0.960. The SMILES string of the molecule is O=C(O)CCC(=O)N1N=C2/C(=C/c3cccs3)CCC[C@H]2[C@@H]1c1cccs1. The molecule has 2 aromatic rings. The van der Waals surface area contributed by atoms with Crippen LogP contribution in [-0.2, 0) is 9.59 Å². The minimum Gasteiger partial charge on any atom is -0.481 e. The van der Waals surface area contributed by atoms with Crippen molar-refractivity contribution in [1.29, 1.82) is 0 Å². The first-order valence-electron chi connectivity index (χ1n) is 9.03. The summed E-state index contributed by atoms with van der Waals surface area (Å²) >= 11 is 3.32. The molecule has 0 radical (unpaired) electrons. The summed E-state index contributed by atoms with van der Waals surface area (Å²) < 4.78 is 0. The van der Waals surface area contributed by atoms with Crippen LogP contribution in [0.3, 0.4) is 0 Å². The molecule has 0 saturated heterocycles. The average molecular weight is 401 g/mol. The van der Waals surface area contributed by atoms with Crippen molar-refractivity contribution in [2.24, 2.45) is 11.0 Å². The number of hydrogen-bond acceptors (Lipinski definition) is 5. The van der Waals surface area contributed by atoms with E-state index in [1.807, 2.05) is 23.6 Å². The monoisotopic (exact) mass is 400 g/mol. The topological polar surface area (TPSA) is 70.0 Å². The van der Waals surface area contributed by atoms with Crippen LogP contribution < -0.4 is 0 Å². The maximum atomic E-state index is 12.8. The lowest BCUT2D eigenvalue weighted by molar-refractivity contribution is -0.141. The van der Waals surface area contributed by atoms with Crippen LogP contribution in [-0.4, -0.2) is 27.7 Å². The number of aliphatic carboxylic acids is 1. The predicted molar refractivity (Wildman–Crippen MR) is 108 cm³/mol. The molecule has 2 aromatic heterocycles. The number of amides is 1.